The molecule has 0 fully saturated rings. The Morgan fingerprint density at radius 3 is 2.64 bits per heavy atom. The van der Waals surface area contributed by atoms with Crippen LogP contribution in [0.25, 0.3) is 10.1 Å². The molecule has 0 aliphatic heterocycles. The van der Waals surface area contributed by atoms with Crippen LogP contribution in [0.5, 0.6) is 5.75 Å². The van der Waals surface area contributed by atoms with Crippen molar-refractivity contribution in [1.29, 1.82) is 0 Å². The maximum Gasteiger partial charge on any atom is 0.355 e. The molecule has 0 spiro atoms. The van der Waals surface area contributed by atoms with Crippen molar-refractivity contribution >= 4 is 51.2 Å². The van der Waals surface area contributed by atoms with Crippen LogP contribution in [-0.2, 0) is 0 Å². The molecule has 2 aromatic carbocycles. The van der Waals surface area contributed by atoms with Crippen LogP contribution in [0.4, 0.5) is 4.79 Å². The largest absolute Gasteiger partial charge is 0.422 e. The van der Waals surface area contributed by atoms with Crippen LogP contribution >= 0.6 is 22.9 Å². The van der Waals surface area contributed by atoms with Crippen molar-refractivity contribution in [3.05, 3.63) is 64.0 Å². The third-order valence-corrected chi connectivity index (χ3v) is 4.88. The fourth-order valence-corrected chi connectivity index (χ4v) is 3.52. The number of primary amides is 1. The van der Waals surface area contributed by atoms with Crippen LogP contribution in [0.3, 0.4) is 0 Å². The van der Waals surface area contributed by atoms with Gasteiger partial charge in [-0.1, -0.05) is 41.9 Å². The summed E-state index contributed by atoms with van der Waals surface area (Å²) >= 11 is 7.56. The molecule has 2 amide bonds. The average Bonchev–Trinajstić information content (AvgIpc) is 2.93. The summed E-state index contributed by atoms with van der Waals surface area (Å²) in [7, 11) is 0. The van der Waals surface area contributed by atoms with Crippen molar-refractivity contribution in [3.8, 4) is 5.75 Å². The Hall–Kier alpha value is -2.90. The minimum Gasteiger partial charge on any atom is -0.422 e. The summed E-state index contributed by atoms with van der Waals surface area (Å²) in [5.74, 6) is -0.272. The first-order valence-corrected chi connectivity index (χ1v) is 8.32. The molecule has 1 heterocycles. The minimum atomic E-state index is -0.789. The number of nitrogens with two attached hydrogens (primary N) is 1. The zero-order chi connectivity index (χ0) is 17.8. The molecule has 3 N–H and O–H groups in total. The molecule has 0 unspecified atom stereocenters. The number of fused-ring (bicyclic) bond motifs is 1. The molecule has 0 radical (unpaired) electrons. The fraction of sp³-hybridized carbons (Fsp3) is 0. The summed E-state index contributed by atoms with van der Waals surface area (Å²) in [4.78, 5) is 23.5. The molecule has 3 rings (SSSR count). The number of hydrazone groups is 1. The molecule has 6 nitrogen and oxygen atoms in total. The number of hydrogen-bond acceptors (Lipinski definition) is 5. The van der Waals surface area contributed by atoms with Gasteiger partial charge in [-0.15, -0.1) is 11.3 Å². The molecule has 0 aliphatic rings. The van der Waals surface area contributed by atoms with Gasteiger partial charge in [-0.05, 0) is 18.2 Å². The molecular weight excluding hydrogens is 362 g/mol. The quantitative estimate of drug-likeness (QED) is 0.315. The Labute approximate surface area is 151 Å². The van der Waals surface area contributed by atoms with Crippen LogP contribution in [0.2, 0.25) is 5.02 Å². The SMILES string of the molecule is NC(=O)NN=Cc1ccccc1OC(=O)c1sc2ccccc2c1Cl. The number of halogens is 1. The topological polar surface area (TPSA) is 93.8 Å². The van der Waals surface area contributed by atoms with E-state index in [-0.39, 0.29) is 5.75 Å². The predicted octanol–water partition coefficient (Wildman–Crippen LogP) is 3.78. The third-order valence-electron chi connectivity index (χ3n) is 3.22. The summed E-state index contributed by atoms with van der Waals surface area (Å²) in [5, 5.41) is 4.84. The van der Waals surface area contributed by atoms with Gasteiger partial charge in [-0.3, -0.25) is 0 Å². The van der Waals surface area contributed by atoms with Crippen LogP contribution < -0.4 is 15.9 Å². The van der Waals surface area contributed by atoms with E-state index in [0.29, 0.717) is 15.5 Å². The van der Waals surface area contributed by atoms with Crippen LogP contribution in [0.1, 0.15) is 15.2 Å². The maximum absolute atomic E-state index is 12.5. The number of carbonyl (C=O) groups excluding carboxylic acids is 2. The lowest BCUT2D eigenvalue weighted by atomic mass is 10.2. The second kappa shape index (κ2) is 7.33. The number of ether oxygens (including phenoxy) is 1. The Balaban J connectivity index is 1.86. The smallest absolute Gasteiger partial charge is 0.355 e. The molecule has 8 heteroatoms. The Kier molecular flexibility index (Phi) is 4.97. The van der Waals surface area contributed by atoms with Gasteiger partial charge in [-0.2, -0.15) is 5.10 Å². The summed E-state index contributed by atoms with van der Waals surface area (Å²) < 4.78 is 6.35. The zero-order valence-corrected chi connectivity index (χ0v) is 14.3. The summed E-state index contributed by atoms with van der Waals surface area (Å²) in [6, 6.07) is 13.4. The van der Waals surface area contributed by atoms with E-state index in [1.165, 1.54) is 17.6 Å². The van der Waals surface area contributed by atoms with E-state index in [0.717, 1.165) is 10.1 Å². The Morgan fingerprint density at radius 1 is 1.16 bits per heavy atom. The molecule has 25 heavy (non-hydrogen) atoms. The highest BCUT2D eigenvalue weighted by Gasteiger charge is 2.19. The van der Waals surface area contributed by atoms with Crippen molar-refractivity contribution in [2.24, 2.45) is 10.8 Å². The zero-order valence-electron chi connectivity index (χ0n) is 12.7. The number of carbonyl (C=O) groups is 2. The van der Waals surface area contributed by atoms with E-state index >= 15 is 0 Å². The van der Waals surface area contributed by atoms with Crippen LogP contribution in [-0.4, -0.2) is 18.2 Å². The van der Waals surface area contributed by atoms with E-state index in [4.69, 9.17) is 22.1 Å². The van der Waals surface area contributed by atoms with Gasteiger partial charge in [0, 0.05) is 15.6 Å². The van der Waals surface area contributed by atoms with Crippen LogP contribution in [0.15, 0.2) is 53.6 Å². The Morgan fingerprint density at radius 2 is 1.88 bits per heavy atom. The molecule has 0 atom stereocenters. The second-order valence-electron chi connectivity index (χ2n) is 4.90. The number of esters is 1. The van der Waals surface area contributed by atoms with Gasteiger partial charge in [0.2, 0.25) is 0 Å². The van der Waals surface area contributed by atoms with E-state index in [9.17, 15) is 9.59 Å². The molecule has 0 aliphatic carbocycles. The van der Waals surface area contributed by atoms with Gasteiger partial charge >= 0.3 is 12.0 Å². The molecule has 126 valence electrons. The molecule has 0 saturated carbocycles. The number of rotatable bonds is 4. The fourth-order valence-electron chi connectivity index (χ4n) is 2.14. The lowest BCUT2D eigenvalue weighted by Gasteiger charge is -2.06. The number of benzene rings is 2. The first-order chi connectivity index (χ1) is 12.1. The maximum atomic E-state index is 12.5. The van der Waals surface area contributed by atoms with Crippen molar-refractivity contribution in [3.63, 3.8) is 0 Å². The Bertz CT molecular complexity index is 984. The number of nitrogens with one attached hydrogen (secondary N) is 1. The normalized spacial score (nSPS) is 10.9. The van der Waals surface area contributed by atoms with Gasteiger partial charge in [0.1, 0.15) is 10.6 Å². The number of urea groups is 1. The predicted molar refractivity (Wildman–Crippen MR) is 98.5 cm³/mol. The molecular formula is C17H12ClN3O3S. The average molecular weight is 374 g/mol. The molecule has 1 aromatic heterocycles. The van der Waals surface area contributed by atoms with Gasteiger partial charge in [0.15, 0.2) is 0 Å². The number of hydrogen-bond donors (Lipinski definition) is 2. The summed E-state index contributed by atoms with van der Waals surface area (Å²) in [5.41, 5.74) is 7.53. The summed E-state index contributed by atoms with van der Waals surface area (Å²) in [6.45, 7) is 0. The standard InChI is InChI=1S/C17H12ClN3O3S/c18-14-11-6-2-4-8-13(11)25-15(14)16(22)24-12-7-3-1-5-10(12)9-20-21-17(19)23/h1-9H,(H3,19,21,23). The number of thiophene rings is 1. The monoisotopic (exact) mass is 373 g/mol. The van der Waals surface area contributed by atoms with Crippen molar-refractivity contribution < 1.29 is 14.3 Å². The van der Waals surface area contributed by atoms with Crippen molar-refractivity contribution in [1.82, 2.24) is 5.43 Å². The first-order valence-electron chi connectivity index (χ1n) is 7.13. The van der Waals surface area contributed by atoms with E-state index in [1.807, 2.05) is 24.3 Å². The second-order valence-corrected chi connectivity index (χ2v) is 6.33. The third kappa shape index (κ3) is 3.78. The van der Waals surface area contributed by atoms with Gasteiger partial charge in [-0.25, -0.2) is 15.0 Å². The minimum absolute atomic E-state index is 0.288. The van der Waals surface area contributed by atoms with Gasteiger partial charge < -0.3 is 10.5 Å². The number of nitrogens with zero attached hydrogens (tertiary/aromatic N) is 1. The molecule has 3 aromatic rings. The van der Waals surface area contributed by atoms with Crippen molar-refractivity contribution in [2.45, 2.75) is 0 Å². The number of amides is 2. The van der Waals surface area contributed by atoms with Crippen LogP contribution in [0, 0.1) is 0 Å². The van der Waals surface area contributed by atoms with E-state index in [2.05, 4.69) is 10.5 Å². The highest BCUT2D eigenvalue weighted by Crippen LogP contribution is 2.35. The van der Waals surface area contributed by atoms with E-state index < -0.39 is 12.0 Å². The first kappa shape index (κ1) is 16.9. The van der Waals surface area contributed by atoms with Crippen molar-refractivity contribution in [2.75, 3.05) is 0 Å². The van der Waals surface area contributed by atoms with E-state index in [1.54, 1.807) is 24.3 Å². The van der Waals surface area contributed by atoms with Gasteiger partial charge in [0.05, 0.1) is 11.2 Å². The summed E-state index contributed by atoms with van der Waals surface area (Å²) in [6.07, 6.45) is 1.33. The lowest BCUT2D eigenvalue weighted by Crippen LogP contribution is -2.24. The molecule has 0 saturated heterocycles. The highest BCUT2D eigenvalue weighted by atomic mass is 35.5. The lowest BCUT2D eigenvalue weighted by molar-refractivity contribution is 0.0740. The highest BCUT2D eigenvalue weighted by molar-refractivity contribution is 7.21. The van der Waals surface area contributed by atoms with Gasteiger partial charge in [0.25, 0.3) is 0 Å². The number of para-hydroxylation sites is 1. The molecule has 0 bridgehead atoms.